The molecular formula is C20H27N3S. The monoisotopic (exact) mass is 341 g/mol. The molecule has 2 fully saturated rings. The quantitative estimate of drug-likeness (QED) is 0.760. The number of thiazole rings is 1. The lowest BCUT2D eigenvalue weighted by molar-refractivity contribution is -0.105. The Morgan fingerprint density at radius 3 is 3.00 bits per heavy atom. The molecule has 3 rings (SSSR count). The Kier molecular flexibility index (Phi) is 5.24. The van der Waals surface area contributed by atoms with E-state index in [0.29, 0.717) is 11.6 Å². The van der Waals surface area contributed by atoms with E-state index in [1.807, 2.05) is 6.08 Å². The van der Waals surface area contributed by atoms with Crippen molar-refractivity contribution < 1.29 is 0 Å². The Morgan fingerprint density at radius 1 is 1.50 bits per heavy atom. The van der Waals surface area contributed by atoms with Crippen LogP contribution in [0.5, 0.6) is 0 Å². The molecular weight excluding hydrogens is 314 g/mol. The summed E-state index contributed by atoms with van der Waals surface area (Å²) in [5.74, 6) is 2.54. The Bertz CT molecular complexity index is 681. The summed E-state index contributed by atoms with van der Waals surface area (Å²) in [6.07, 6.45) is 13.4. The molecule has 2 atom stereocenters. The number of terminal acetylenes is 1. The lowest BCUT2D eigenvalue weighted by atomic mass is 9.78. The van der Waals surface area contributed by atoms with Gasteiger partial charge < -0.3 is 0 Å². The van der Waals surface area contributed by atoms with Crippen molar-refractivity contribution in [2.45, 2.75) is 51.7 Å². The van der Waals surface area contributed by atoms with E-state index in [0.717, 1.165) is 25.2 Å². The first-order valence-corrected chi connectivity index (χ1v) is 9.66. The predicted molar refractivity (Wildman–Crippen MR) is 103 cm³/mol. The summed E-state index contributed by atoms with van der Waals surface area (Å²) < 4.78 is 0. The third-order valence-electron chi connectivity index (χ3n) is 5.83. The summed E-state index contributed by atoms with van der Waals surface area (Å²) in [5, 5.41) is 3.40. The third kappa shape index (κ3) is 3.21. The first-order chi connectivity index (χ1) is 11.6. The summed E-state index contributed by atoms with van der Waals surface area (Å²) in [7, 11) is 0. The van der Waals surface area contributed by atoms with Crippen LogP contribution >= 0.6 is 11.3 Å². The maximum atomic E-state index is 5.27. The van der Waals surface area contributed by atoms with Crippen molar-refractivity contribution in [3.8, 4) is 12.3 Å². The van der Waals surface area contributed by atoms with E-state index in [4.69, 9.17) is 11.4 Å². The van der Waals surface area contributed by atoms with Crippen molar-refractivity contribution >= 4 is 16.9 Å². The maximum absolute atomic E-state index is 5.27. The Balaban J connectivity index is 1.66. The number of hydrogen-bond acceptors (Lipinski definition) is 4. The minimum absolute atomic E-state index is 0.368. The number of rotatable bonds is 5. The predicted octanol–water partition coefficient (Wildman–Crippen LogP) is 3.79. The van der Waals surface area contributed by atoms with Crippen LogP contribution in [0.15, 0.2) is 23.6 Å². The molecule has 2 aliphatic rings. The zero-order chi connectivity index (χ0) is 17.2. The van der Waals surface area contributed by atoms with Crippen LogP contribution in [0.2, 0.25) is 0 Å². The average molecular weight is 342 g/mol. The Hall–Kier alpha value is -1.41. The number of aromatic nitrogens is 1. The highest BCUT2D eigenvalue weighted by atomic mass is 32.1. The second-order valence-corrected chi connectivity index (χ2v) is 7.90. The lowest BCUT2D eigenvalue weighted by Crippen LogP contribution is -2.72. The maximum Gasteiger partial charge on any atom is 0.107 e. The molecule has 24 heavy (non-hydrogen) atoms. The number of allylic oxidation sites excluding steroid dienone is 4. The SMILES string of the molecule is C#C/C=C\C/C(=C\C)c1csc(CN2CCN3CCC3(C)C2C)n1. The molecule has 0 amide bonds. The molecule has 2 unspecified atom stereocenters. The fourth-order valence-electron chi connectivity index (χ4n) is 3.84. The minimum Gasteiger partial charge on any atom is -0.295 e. The van der Waals surface area contributed by atoms with Gasteiger partial charge in [-0.05, 0) is 45.3 Å². The van der Waals surface area contributed by atoms with Crippen LogP contribution in [0.1, 0.15) is 44.3 Å². The van der Waals surface area contributed by atoms with Crippen molar-refractivity contribution in [1.29, 1.82) is 0 Å². The van der Waals surface area contributed by atoms with Crippen LogP contribution in [0.3, 0.4) is 0 Å². The topological polar surface area (TPSA) is 19.4 Å². The third-order valence-corrected chi connectivity index (χ3v) is 6.67. The van der Waals surface area contributed by atoms with Crippen molar-refractivity contribution in [3.63, 3.8) is 0 Å². The van der Waals surface area contributed by atoms with Crippen LogP contribution < -0.4 is 0 Å². The van der Waals surface area contributed by atoms with Crippen molar-refractivity contribution in [2.24, 2.45) is 0 Å². The zero-order valence-corrected chi connectivity index (χ0v) is 15.8. The molecule has 0 saturated carbocycles. The van der Waals surface area contributed by atoms with Crippen molar-refractivity contribution in [3.05, 3.63) is 34.3 Å². The van der Waals surface area contributed by atoms with E-state index in [2.05, 4.69) is 47.9 Å². The van der Waals surface area contributed by atoms with Gasteiger partial charge in [-0.2, -0.15) is 0 Å². The second-order valence-electron chi connectivity index (χ2n) is 6.95. The largest absolute Gasteiger partial charge is 0.295 e. The fourth-order valence-corrected chi connectivity index (χ4v) is 4.69. The van der Waals surface area contributed by atoms with E-state index in [1.165, 1.54) is 30.1 Å². The lowest BCUT2D eigenvalue weighted by Gasteiger charge is -2.60. The molecule has 0 radical (unpaired) electrons. The number of hydrogen-bond donors (Lipinski definition) is 0. The summed E-state index contributed by atoms with van der Waals surface area (Å²) in [6, 6.07) is 0.590. The van der Waals surface area contributed by atoms with Crippen molar-refractivity contribution in [1.82, 2.24) is 14.8 Å². The molecule has 3 nitrogen and oxygen atoms in total. The molecule has 2 saturated heterocycles. The summed E-state index contributed by atoms with van der Waals surface area (Å²) in [6.45, 7) is 11.4. The van der Waals surface area contributed by atoms with E-state index < -0.39 is 0 Å². The standard InChI is InChI=1S/C20H27N3S/c1-5-7-8-9-17(6-2)18-15-24-19(21-18)14-22-12-13-23-11-10-20(23,4)16(22)3/h1,6-8,15-16H,9-14H2,2-4H3/b8-7-,17-6+. The zero-order valence-electron chi connectivity index (χ0n) is 15.0. The Labute approximate surface area is 150 Å². The number of piperazine rings is 1. The molecule has 128 valence electrons. The Morgan fingerprint density at radius 2 is 2.33 bits per heavy atom. The highest BCUT2D eigenvalue weighted by Gasteiger charge is 2.49. The van der Waals surface area contributed by atoms with Crippen molar-refractivity contribution in [2.75, 3.05) is 19.6 Å². The van der Waals surface area contributed by atoms with Gasteiger partial charge in [0.05, 0.1) is 12.2 Å². The second kappa shape index (κ2) is 7.23. The van der Waals surface area contributed by atoms with Crippen LogP contribution in [0.4, 0.5) is 0 Å². The molecule has 2 aliphatic heterocycles. The summed E-state index contributed by atoms with van der Waals surface area (Å²) >= 11 is 1.78. The summed E-state index contributed by atoms with van der Waals surface area (Å²) in [4.78, 5) is 10.1. The molecule has 4 heteroatoms. The first kappa shape index (κ1) is 17.4. The highest BCUT2D eigenvalue weighted by molar-refractivity contribution is 7.09. The average Bonchev–Trinajstić information content (AvgIpc) is 3.02. The van der Waals surface area contributed by atoms with Gasteiger partial charge in [0.25, 0.3) is 0 Å². The van der Waals surface area contributed by atoms with Gasteiger partial charge in [0.15, 0.2) is 0 Å². The fraction of sp³-hybridized carbons (Fsp3) is 0.550. The molecule has 0 spiro atoms. The van der Waals surface area contributed by atoms with Crippen LogP contribution in [-0.4, -0.2) is 46.0 Å². The van der Waals surface area contributed by atoms with Gasteiger partial charge in [0.1, 0.15) is 5.01 Å². The molecule has 0 N–H and O–H groups in total. The molecule has 0 aliphatic carbocycles. The van der Waals surface area contributed by atoms with Gasteiger partial charge in [-0.25, -0.2) is 4.98 Å². The number of fused-ring (bicyclic) bond motifs is 1. The molecule has 1 aromatic heterocycles. The smallest absolute Gasteiger partial charge is 0.107 e. The van der Waals surface area contributed by atoms with Gasteiger partial charge in [0, 0.05) is 36.6 Å². The van der Waals surface area contributed by atoms with E-state index >= 15 is 0 Å². The van der Waals surface area contributed by atoms with E-state index in [9.17, 15) is 0 Å². The van der Waals surface area contributed by atoms with Crippen LogP contribution in [-0.2, 0) is 6.54 Å². The van der Waals surface area contributed by atoms with Crippen LogP contribution in [0.25, 0.3) is 5.57 Å². The molecule has 0 bridgehead atoms. The van der Waals surface area contributed by atoms with Crippen LogP contribution in [0, 0.1) is 12.3 Å². The molecule has 3 heterocycles. The van der Waals surface area contributed by atoms with Gasteiger partial charge in [-0.1, -0.05) is 18.1 Å². The highest BCUT2D eigenvalue weighted by Crippen LogP contribution is 2.39. The van der Waals surface area contributed by atoms with E-state index in [-0.39, 0.29) is 0 Å². The van der Waals surface area contributed by atoms with E-state index in [1.54, 1.807) is 17.4 Å². The molecule has 1 aromatic rings. The van der Waals surface area contributed by atoms with Gasteiger partial charge in [-0.3, -0.25) is 9.80 Å². The van der Waals surface area contributed by atoms with Gasteiger partial charge in [0.2, 0.25) is 0 Å². The molecule has 0 aromatic carbocycles. The number of nitrogens with zero attached hydrogens (tertiary/aromatic N) is 3. The first-order valence-electron chi connectivity index (χ1n) is 8.78. The summed E-state index contributed by atoms with van der Waals surface area (Å²) in [5.41, 5.74) is 2.71. The van der Waals surface area contributed by atoms with Gasteiger partial charge in [-0.15, -0.1) is 17.8 Å². The normalized spacial score (nSPS) is 28.6. The van der Waals surface area contributed by atoms with Gasteiger partial charge >= 0.3 is 0 Å². The minimum atomic E-state index is 0.368.